The predicted molar refractivity (Wildman–Crippen MR) is 87.4 cm³/mol. The SMILES string of the molecule is CCCN(C1CNC1)C1c2ccccc2-c2ccccc21. The summed E-state index contributed by atoms with van der Waals surface area (Å²) >= 11 is 0. The third kappa shape index (κ3) is 2.02. The van der Waals surface area contributed by atoms with Crippen LogP contribution in [0.15, 0.2) is 48.5 Å². The molecule has 0 unspecified atom stereocenters. The average Bonchev–Trinajstić information content (AvgIpc) is 2.79. The normalized spacial score (nSPS) is 17.6. The van der Waals surface area contributed by atoms with E-state index in [0.717, 1.165) is 13.1 Å². The van der Waals surface area contributed by atoms with Gasteiger partial charge in [-0.25, -0.2) is 0 Å². The molecule has 1 N–H and O–H groups in total. The monoisotopic (exact) mass is 278 g/mol. The molecule has 21 heavy (non-hydrogen) atoms. The number of benzene rings is 2. The molecule has 1 saturated heterocycles. The molecule has 2 aliphatic rings. The van der Waals surface area contributed by atoms with Crippen molar-refractivity contribution in [3.63, 3.8) is 0 Å². The third-order valence-electron chi connectivity index (χ3n) is 4.84. The van der Waals surface area contributed by atoms with E-state index in [0.29, 0.717) is 12.1 Å². The summed E-state index contributed by atoms with van der Waals surface area (Å²) in [5.74, 6) is 0. The van der Waals surface area contributed by atoms with Crippen LogP contribution < -0.4 is 5.32 Å². The Morgan fingerprint density at radius 1 is 0.952 bits per heavy atom. The smallest absolute Gasteiger partial charge is 0.0617 e. The van der Waals surface area contributed by atoms with Crippen LogP contribution >= 0.6 is 0 Å². The molecule has 2 aromatic rings. The fourth-order valence-corrected chi connectivity index (χ4v) is 3.77. The minimum atomic E-state index is 0.435. The van der Waals surface area contributed by atoms with Crippen molar-refractivity contribution in [3.05, 3.63) is 59.7 Å². The van der Waals surface area contributed by atoms with Crippen LogP contribution in [0.3, 0.4) is 0 Å². The van der Waals surface area contributed by atoms with Crippen molar-refractivity contribution in [2.24, 2.45) is 0 Å². The quantitative estimate of drug-likeness (QED) is 0.921. The molecule has 1 aliphatic heterocycles. The molecule has 0 radical (unpaired) electrons. The molecule has 1 aliphatic carbocycles. The first-order valence-electron chi connectivity index (χ1n) is 8.05. The third-order valence-corrected chi connectivity index (χ3v) is 4.84. The number of hydrogen-bond donors (Lipinski definition) is 1. The minimum Gasteiger partial charge on any atom is -0.314 e. The van der Waals surface area contributed by atoms with E-state index in [-0.39, 0.29) is 0 Å². The zero-order valence-corrected chi connectivity index (χ0v) is 12.5. The van der Waals surface area contributed by atoms with Crippen molar-refractivity contribution >= 4 is 0 Å². The molecule has 108 valence electrons. The lowest BCUT2D eigenvalue weighted by molar-refractivity contribution is 0.114. The molecule has 0 saturated carbocycles. The molecule has 2 heteroatoms. The van der Waals surface area contributed by atoms with Crippen molar-refractivity contribution in [1.82, 2.24) is 10.2 Å². The van der Waals surface area contributed by atoms with Gasteiger partial charge in [0, 0.05) is 19.1 Å². The van der Waals surface area contributed by atoms with Crippen molar-refractivity contribution in [2.45, 2.75) is 25.4 Å². The second kappa shape index (κ2) is 5.28. The van der Waals surface area contributed by atoms with E-state index in [1.807, 2.05) is 0 Å². The highest BCUT2D eigenvalue weighted by Crippen LogP contribution is 2.46. The van der Waals surface area contributed by atoms with Gasteiger partial charge in [-0.1, -0.05) is 55.5 Å². The van der Waals surface area contributed by atoms with Gasteiger partial charge in [0.05, 0.1) is 6.04 Å². The Balaban J connectivity index is 1.83. The summed E-state index contributed by atoms with van der Waals surface area (Å²) in [4.78, 5) is 2.71. The number of rotatable bonds is 4. The summed E-state index contributed by atoms with van der Waals surface area (Å²) in [6, 6.07) is 19.0. The molecule has 0 spiro atoms. The second-order valence-corrected chi connectivity index (χ2v) is 6.13. The molecular formula is C19H22N2. The van der Waals surface area contributed by atoms with Gasteiger partial charge in [-0.05, 0) is 35.2 Å². The standard InChI is InChI=1S/C19H22N2/c1-2-11-21(14-12-20-13-14)19-17-9-5-3-7-15(17)16-8-4-6-10-18(16)19/h3-10,14,19-20H,2,11-13H2,1H3. The van der Waals surface area contributed by atoms with Gasteiger partial charge in [0.15, 0.2) is 0 Å². The van der Waals surface area contributed by atoms with Crippen molar-refractivity contribution in [3.8, 4) is 11.1 Å². The highest BCUT2D eigenvalue weighted by Gasteiger charge is 2.37. The highest BCUT2D eigenvalue weighted by atomic mass is 15.3. The van der Waals surface area contributed by atoms with Gasteiger partial charge in [-0.3, -0.25) is 4.90 Å². The zero-order chi connectivity index (χ0) is 14.2. The van der Waals surface area contributed by atoms with E-state index >= 15 is 0 Å². The molecule has 2 aromatic carbocycles. The molecule has 0 bridgehead atoms. The first-order valence-corrected chi connectivity index (χ1v) is 8.05. The Morgan fingerprint density at radius 3 is 2.00 bits per heavy atom. The van der Waals surface area contributed by atoms with Crippen molar-refractivity contribution in [1.29, 1.82) is 0 Å². The van der Waals surface area contributed by atoms with Crippen LogP contribution in [-0.2, 0) is 0 Å². The summed E-state index contributed by atoms with van der Waals surface area (Å²) in [7, 11) is 0. The molecule has 0 aromatic heterocycles. The maximum atomic E-state index is 3.43. The van der Waals surface area contributed by atoms with E-state index in [1.54, 1.807) is 0 Å². The first-order chi connectivity index (χ1) is 10.4. The van der Waals surface area contributed by atoms with Crippen LogP contribution in [0.2, 0.25) is 0 Å². The predicted octanol–water partition coefficient (Wildman–Crippen LogP) is 3.44. The molecule has 2 nitrogen and oxygen atoms in total. The topological polar surface area (TPSA) is 15.3 Å². The molecular weight excluding hydrogens is 256 g/mol. The number of fused-ring (bicyclic) bond motifs is 3. The van der Waals surface area contributed by atoms with E-state index in [4.69, 9.17) is 0 Å². The Bertz CT molecular complexity index is 600. The van der Waals surface area contributed by atoms with E-state index < -0.39 is 0 Å². The van der Waals surface area contributed by atoms with Crippen LogP contribution in [0.5, 0.6) is 0 Å². The van der Waals surface area contributed by atoms with Gasteiger partial charge in [0.2, 0.25) is 0 Å². The van der Waals surface area contributed by atoms with Gasteiger partial charge in [-0.2, -0.15) is 0 Å². The fraction of sp³-hybridized carbons (Fsp3) is 0.368. The van der Waals surface area contributed by atoms with Crippen LogP contribution in [-0.4, -0.2) is 30.6 Å². The van der Waals surface area contributed by atoms with Gasteiger partial charge in [-0.15, -0.1) is 0 Å². The largest absolute Gasteiger partial charge is 0.314 e. The van der Waals surface area contributed by atoms with Crippen LogP contribution in [0.25, 0.3) is 11.1 Å². The average molecular weight is 278 g/mol. The van der Waals surface area contributed by atoms with E-state index in [9.17, 15) is 0 Å². The lowest BCUT2D eigenvalue weighted by Crippen LogP contribution is -2.58. The van der Waals surface area contributed by atoms with E-state index in [2.05, 4.69) is 65.7 Å². The second-order valence-electron chi connectivity index (χ2n) is 6.13. The summed E-state index contributed by atoms with van der Waals surface area (Å²) < 4.78 is 0. The summed E-state index contributed by atoms with van der Waals surface area (Å²) in [6.07, 6.45) is 1.21. The summed E-state index contributed by atoms with van der Waals surface area (Å²) in [5.41, 5.74) is 5.82. The Hall–Kier alpha value is -1.64. The van der Waals surface area contributed by atoms with E-state index in [1.165, 1.54) is 35.2 Å². The van der Waals surface area contributed by atoms with Crippen molar-refractivity contribution in [2.75, 3.05) is 19.6 Å². The lowest BCUT2D eigenvalue weighted by atomic mass is 9.99. The Morgan fingerprint density at radius 2 is 1.52 bits per heavy atom. The van der Waals surface area contributed by atoms with Gasteiger partial charge < -0.3 is 5.32 Å². The van der Waals surface area contributed by atoms with Gasteiger partial charge in [0.1, 0.15) is 0 Å². The van der Waals surface area contributed by atoms with Crippen LogP contribution in [0.1, 0.15) is 30.5 Å². The van der Waals surface area contributed by atoms with Gasteiger partial charge in [0.25, 0.3) is 0 Å². The molecule has 1 heterocycles. The van der Waals surface area contributed by atoms with Crippen molar-refractivity contribution < 1.29 is 0 Å². The minimum absolute atomic E-state index is 0.435. The maximum absolute atomic E-state index is 3.43. The molecule has 4 rings (SSSR count). The van der Waals surface area contributed by atoms with Gasteiger partial charge >= 0.3 is 0 Å². The maximum Gasteiger partial charge on any atom is 0.0617 e. The highest BCUT2D eigenvalue weighted by molar-refractivity contribution is 5.78. The Labute approximate surface area is 126 Å². The lowest BCUT2D eigenvalue weighted by Gasteiger charge is -2.42. The number of hydrogen-bond acceptors (Lipinski definition) is 2. The molecule has 1 fully saturated rings. The first kappa shape index (κ1) is 13.1. The summed E-state index contributed by atoms with van der Waals surface area (Å²) in [6.45, 7) is 5.70. The number of nitrogens with zero attached hydrogens (tertiary/aromatic N) is 1. The Kier molecular flexibility index (Phi) is 3.28. The number of nitrogens with one attached hydrogen (secondary N) is 1. The molecule has 0 amide bonds. The zero-order valence-electron chi connectivity index (χ0n) is 12.5. The van der Waals surface area contributed by atoms with Crippen LogP contribution in [0.4, 0.5) is 0 Å². The molecule has 0 atom stereocenters. The van der Waals surface area contributed by atoms with Crippen LogP contribution in [0, 0.1) is 0 Å². The summed E-state index contributed by atoms with van der Waals surface area (Å²) in [5, 5.41) is 3.43. The fourth-order valence-electron chi connectivity index (χ4n) is 3.77.